The molecule has 6 rings (SSSR count). The minimum atomic E-state index is 0.255. The summed E-state index contributed by atoms with van der Waals surface area (Å²) in [5.41, 5.74) is 4.81. The molecular formula is C23H24N6S. The predicted octanol–water partition coefficient (Wildman–Crippen LogP) is 3.78. The number of pyridine rings is 1. The summed E-state index contributed by atoms with van der Waals surface area (Å²) >= 11 is 1.79. The summed E-state index contributed by atoms with van der Waals surface area (Å²) in [6.45, 7) is 4.20. The molecule has 0 radical (unpaired) electrons. The smallest absolute Gasteiger partial charge is 0.185 e. The third kappa shape index (κ3) is 2.84. The van der Waals surface area contributed by atoms with Crippen molar-refractivity contribution in [1.29, 1.82) is 0 Å². The summed E-state index contributed by atoms with van der Waals surface area (Å²) in [6, 6.07) is 12.7. The van der Waals surface area contributed by atoms with Crippen molar-refractivity contribution in [3.63, 3.8) is 0 Å². The van der Waals surface area contributed by atoms with Gasteiger partial charge in [0.15, 0.2) is 5.13 Å². The first-order valence-electron chi connectivity index (χ1n) is 10.4. The summed E-state index contributed by atoms with van der Waals surface area (Å²) in [5, 5.41) is 7.16. The number of hydrogen-bond donors (Lipinski definition) is 0. The Kier molecular flexibility index (Phi) is 3.98. The largest absolute Gasteiger partial charge is 0.354 e. The van der Waals surface area contributed by atoms with Crippen LogP contribution >= 0.6 is 11.3 Å². The highest BCUT2D eigenvalue weighted by Crippen LogP contribution is 2.44. The number of likely N-dealkylation sites (tertiary alicyclic amines) is 1. The maximum absolute atomic E-state index is 4.92. The Labute approximate surface area is 179 Å². The van der Waals surface area contributed by atoms with Crippen LogP contribution in [0.2, 0.25) is 0 Å². The van der Waals surface area contributed by atoms with Crippen molar-refractivity contribution in [2.75, 3.05) is 32.1 Å². The maximum atomic E-state index is 4.92. The molecule has 6 nitrogen and oxygen atoms in total. The second-order valence-corrected chi connectivity index (χ2v) is 9.83. The molecule has 1 fully saturated rings. The van der Waals surface area contributed by atoms with Gasteiger partial charge in [-0.3, -0.25) is 14.6 Å². The molecule has 7 heteroatoms. The molecule has 0 atom stereocenters. The number of para-hydroxylation sites is 1. The molecule has 5 heterocycles. The van der Waals surface area contributed by atoms with Crippen molar-refractivity contribution in [3.05, 3.63) is 59.4 Å². The highest BCUT2D eigenvalue weighted by atomic mass is 32.1. The SMILES string of the molecule is CN(C)c1ncc(CN2CC3(CCn4nc(-c5cnc6ccccc6c5)cc43)C2)s1. The van der Waals surface area contributed by atoms with Crippen LogP contribution in [0, 0.1) is 0 Å². The standard InChI is InChI=1S/C23H24N6S/c1-27(2)22-25-12-18(30-22)13-28-14-23(15-28)7-8-29-21(23)10-20(26-29)17-9-16-5-3-4-6-19(16)24-11-17/h3-6,9-12H,7-8,13-15H2,1-2H3. The summed E-state index contributed by atoms with van der Waals surface area (Å²) in [5.74, 6) is 0. The molecule has 0 bridgehead atoms. The third-order valence-electron chi connectivity index (χ3n) is 6.37. The molecule has 152 valence electrons. The van der Waals surface area contributed by atoms with E-state index in [0.29, 0.717) is 0 Å². The van der Waals surface area contributed by atoms with E-state index in [9.17, 15) is 0 Å². The molecule has 30 heavy (non-hydrogen) atoms. The number of aryl methyl sites for hydroxylation is 1. The quantitative estimate of drug-likeness (QED) is 0.507. The summed E-state index contributed by atoms with van der Waals surface area (Å²) < 4.78 is 2.22. The Morgan fingerprint density at radius 3 is 2.80 bits per heavy atom. The average Bonchev–Trinajstić information content (AvgIpc) is 3.43. The first-order chi connectivity index (χ1) is 14.6. The van der Waals surface area contributed by atoms with Gasteiger partial charge in [-0.05, 0) is 24.6 Å². The Morgan fingerprint density at radius 2 is 1.97 bits per heavy atom. The van der Waals surface area contributed by atoms with E-state index in [1.54, 1.807) is 11.3 Å². The second-order valence-electron chi connectivity index (χ2n) is 8.73. The lowest BCUT2D eigenvalue weighted by Crippen LogP contribution is -2.57. The monoisotopic (exact) mass is 416 g/mol. The molecule has 4 aromatic rings. The van der Waals surface area contributed by atoms with Crippen molar-refractivity contribution in [2.24, 2.45) is 0 Å². The molecule has 0 saturated carbocycles. The van der Waals surface area contributed by atoms with E-state index in [1.165, 1.54) is 17.0 Å². The summed E-state index contributed by atoms with van der Waals surface area (Å²) in [7, 11) is 4.09. The Hall–Kier alpha value is -2.77. The van der Waals surface area contributed by atoms with E-state index >= 15 is 0 Å². The lowest BCUT2D eigenvalue weighted by atomic mass is 9.76. The van der Waals surface area contributed by atoms with E-state index in [0.717, 1.165) is 53.5 Å². The summed E-state index contributed by atoms with van der Waals surface area (Å²) in [4.78, 5) is 15.1. The zero-order valence-electron chi connectivity index (χ0n) is 17.2. The number of anilines is 1. The Morgan fingerprint density at radius 1 is 1.10 bits per heavy atom. The van der Waals surface area contributed by atoms with Crippen LogP contribution in [-0.4, -0.2) is 51.8 Å². The summed E-state index contributed by atoms with van der Waals surface area (Å²) in [6.07, 6.45) is 5.16. The van der Waals surface area contributed by atoms with E-state index < -0.39 is 0 Å². The fourth-order valence-corrected chi connectivity index (χ4v) is 5.73. The van der Waals surface area contributed by atoms with Gasteiger partial charge in [0, 0.05) is 79.6 Å². The Balaban J connectivity index is 1.21. The van der Waals surface area contributed by atoms with Crippen LogP contribution in [0.25, 0.3) is 22.2 Å². The van der Waals surface area contributed by atoms with Gasteiger partial charge in [0.1, 0.15) is 0 Å². The molecule has 0 aliphatic carbocycles. The van der Waals surface area contributed by atoms with Crippen LogP contribution in [0.4, 0.5) is 5.13 Å². The molecule has 2 aliphatic rings. The van der Waals surface area contributed by atoms with Gasteiger partial charge in [-0.2, -0.15) is 5.10 Å². The maximum Gasteiger partial charge on any atom is 0.185 e. The number of nitrogens with zero attached hydrogens (tertiary/aromatic N) is 6. The van der Waals surface area contributed by atoms with Crippen LogP contribution in [0.3, 0.4) is 0 Å². The van der Waals surface area contributed by atoms with Gasteiger partial charge in [-0.15, -0.1) is 11.3 Å². The van der Waals surface area contributed by atoms with Crippen molar-refractivity contribution < 1.29 is 0 Å². The molecule has 0 N–H and O–H groups in total. The number of fused-ring (bicyclic) bond motifs is 3. The number of aromatic nitrogens is 4. The van der Waals surface area contributed by atoms with Crippen LogP contribution in [0.5, 0.6) is 0 Å². The van der Waals surface area contributed by atoms with Gasteiger partial charge in [0.2, 0.25) is 0 Å². The first kappa shape index (κ1) is 18.0. The number of thiazole rings is 1. The third-order valence-corrected chi connectivity index (χ3v) is 7.52. The topological polar surface area (TPSA) is 50.1 Å². The fraction of sp³-hybridized carbons (Fsp3) is 0.348. The molecule has 1 aromatic carbocycles. The van der Waals surface area contributed by atoms with Crippen molar-refractivity contribution in [2.45, 2.75) is 24.9 Å². The molecule has 0 amide bonds. The molecular weight excluding hydrogens is 392 g/mol. The van der Waals surface area contributed by atoms with Crippen LogP contribution in [0.1, 0.15) is 17.0 Å². The highest BCUT2D eigenvalue weighted by Gasteiger charge is 2.49. The van der Waals surface area contributed by atoms with Gasteiger partial charge in [0.25, 0.3) is 0 Å². The highest BCUT2D eigenvalue weighted by molar-refractivity contribution is 7.15. The first-order valence-corrected chi connectivity index (χ1v) is 11.2. The van der Waals surface area contributed by atoms with E-state index in [-0.39, 0.29) is 5.41 Å². The molecule has 0 unspecified atom stereocenters. The van der Waals surface area contributed by atoms with E-state index in [1.807, 2.05) is 32.6 Å². The zero-order chi connectivity index (χ0) is 20.3. The van der Waals surface area contributed by atoms with Crippen LogP contribution in [0.15, 0.2) is 48.8 Å². The van der Waals surface area contributed by atoms with Gasteiger partial charge < -0.3 is 4.90 Å². The molecule has 2 aliphatic heterocycles. The number of rotatable bonds is 4. The number of hydrogen-bond acceptors (Lipinski definition) is 6. The average molecular weight is 417 g/mol. The number of benzene rings is 1. The lowest BCUT2D eigenvalue weighted by molar-refractivity contribution is 0.0591. The van der Waals surface area contributed by atoms with Crippen LogP contribution < -0.4 is 4.90 Å². The minimum absolute atomic E-state index is 0.255. The second kappa shape index (κ2) is 6.62. The predicted molar refractivity (Wildman–Crippen MR) is 121 cm³/mol. The van der Waals surface area contributed by atoms with Gasteiger partial charge in [-0.1, -0.05) is 18.2 Å². The van der Waals surface area contributed by atoms with E-state index in [4.69, 9.17) is 5.10 Å². The van der Waals surface area contributed by atoms with Crippen molar-refractivity contribution >= 4 is 27.4 Å². The zero-order valence-corrected chi connectivity index (χ0v) is 18.1. The molecule has 1 spiro atoms. The minimum Gasteiger partial charge on any atom is -0.354 e. The molecule has 3 aromatic heterocycles. The van der Waals surface area contributed by atoms with Crippen molar-refractivity contribution in [3.8, 4) is 11.3 Å². The fourth-order valence-electron chi connectivity index (χ4n) is 4.85. The lowest BCUT2D eigenvalue weighted by Gasteiger charge is -2.47. The van der Waals surface area contributed by atoms with Crippen molar-refractivity contribution in [1.82, 2.24) is 24.6 Å². The normalized spacial score (nSPS) is 17.4. The van der Waals surface area contributed by atoms with E-state index in [2.05, 4.69) is 54.8 Å². The molecule has 1 saturated heterocycles. The van der Waals surface area contributed by atoms with Gasteiger partial charge in [0.05, 0.1) is 11.2 Å². The Bertz CT molecular complexity index is 1230. The van der Waals surface area contributed by atoms with Gasteiger partial charge in [-0.25, -0.2) is 4.98 Å². The van der Waals surface area contributed by atoms with Gasteiger partial charge >= 0.3 is 0 Å². The van der Waals surface area contributed by atoms with Crippen LogP contribution in [-0.2, 0) is 18.5 Å².